The lowest BCUT2D eigenvalue weighted by atomic mass is 10.1. The summed E-state index contributed by atoms with van der Waals surface area (Å²) in [6.07, 6.45) is 1.20. The third-order valence-corrected chi connectivity index (χ3v) is 2.73. The maximum atomic E-state index is 11.2. The van der Waals surface area contributed by atoms with Crippen molar-refractivity contribution in [2.45, 2.75) is 13.8 Å². The number of furan rings is 1. The molecule has 8 heteroatoms. The first-order valence-electron chi connectivity index (χ1n) is 6.73. The summed E-state index contributed by atoms with van der Waals surface area (Å²) >= 11 is 0. The summed E-state index contributed by atoms with van der Waals surface area (Å²) in [7, 11) is 0. The van der Waals surface area contributed by atoms with Crippen LogP contribution in [0.15, 0.2) is 39.9 Å². The van der Waals surface area contributed by atoms with E-state index in [0.29, 0.717) is 29.4 Å². The van der Waals surface area contributed by atoms with Gasteiger partial charge < -0.3 is 14.0 Å². The van der Waals surface area contributed by atoms with Gasteiger partial charge in [0.25, 0.3) is 5.69 Å². The highest BCUT2D eigenvalue weighted by Crippen LogP contribution is 2.34. The molecule has 0 radical (unpaired) electrons. The van der Waals surface area contributed by atoms with Crippen molar-refractivity contribution in [3.63, 3.8) is 0 Å². The summed E-state index contributed by atoms with van der Waals surface area (Å²) in [4.78, 5) is 25.7. The number of hydrogen-bond acceptors (Lipinski definition) is 7. The van der Waals surface area contributed by atoms with Crippen LogP contribution in [0.5, 0.6) is 5.75 Å². The molecule has 0 fully saturated rings. The second-order valence-electron chi connectivity index (χ2n) is 4.39. The summed E-state index contributed by atoms with van der Waals surface area (Å²) in [5.74, 6) is 0.440. The van der Waals surface area contributed by atoms with Gasteiger partial charge in [-0.25, -0.2) is 4.79 Å². The molecule has 120 valence electrons. The maximum absolute atomic E-state index is 11.2. The zero-order valence-corrected chi connectivity index (χ0v) is 12.5. The van der Waals surface area contributed by atoms with Crippen LogP contribution in [0, 0.1) is 10.1 Å². The number of benzene rings is 1. The molecule has 2 rings (SSSR count). The quantitative estimate of drug-likeness (QED) is 0.351. The minimum atomic E-state index is -0.560. The van der Waals surface area contributed by atoms with Crippen LogP contribution in [0.1, 0.15) is 19.6 Å². The fraction of sp³-hybridized carbons (Fsp3) is 0.200. The Morgan fingerprint density at radius 3 is 2.83 bits per heavy atom. The molecule has 0 aliphatic carbocycles. The summed E-state index contributed by atoms with van der Waals surface area (Å²) in [6.45, 7) is 3.42. The van der Waals surface area contributed by atoms with Crippen LogP contribution in [-0.4, -0.2) is 23.7 Å². The summed E-state index contributed by atoms with van der Waals surface area (Å²) in [5, 5.41) is 14.7. The van der Waals surface area contributed by atoms with E-state index in [1.54, 1.807) is 31.2 Å². The van der Waals surface area contributed by atoms with E-state index >= 15 is 0 Å². The Morgan fingerprint density at radius 2 is 2.17 bits per heavy atom. The van der Waals surface area contributed by atoms with Crippen LogP contribution >= 0.6 is 0 Å². The van der Waals surface area contributed by atoms with Crippen LogP contribution in [-0.2, 0) is 9.63 Å². The van der Waals surface area contributed by atoms with E-state index in [9.17, 15) is 14.9 Å². The summed E-state index contributed by atoms with van der Waals surface area (Å²) < 4.78 is 10.7. The molecule has 0 aliphatic rings. The Hall–Kier alpha value is -3.16. The first kappa shape index (κ1) is 16.2. The van der Waals surface area contributed by atoms with Gasteiger partial charge in [0, 0.05) is 6.92 Å². The molecule has 0 atom stereocenters. The van der Waals surface area contributed by atoms with Crippen molar-refractivity contribution >= 4 is 17.9 Å². The number of hydrogen-bond donors (Lipinski definition) is 0. The fourth-order valence-corrected chi connectivity index (χ4v) is 1.85. The van der Waals surface area contributed by atoms with Crippen LogP contribution in [0.2, 0.25) is 0 Å². The van der Waals surface area contributed by atoms with Crippen molar-refractivity contribution in [1.82, 2.24) is 0 Å². The van der Waals surface area contributed by atoms with E-state index < -0.39 is 10.9 Å². The van der Waals surface area contributed by atoms with Gasteiger partial charge >= 0.3 is 5.97 Å². The molecule has 0 saturated heterocycles. The number of nitrogens with zero attached hydrogens (tertiary/aromatic N) is 2. The van der Waals surface area contributed by atoms with E-state index in [1.165, 1.54) is 19.2 Å². The van der Waals surface area contributed by atoms with Gasteiger partial charge in [-0.05, 0) is 31.2 Å². The lowest BCUT2D eigenvalue weighted by Crippen LogP contribution is -1.95. The molecule has 8 nitrogen and oxygen atoms in total. The molecule has 0 saturated carbocycles. The van der Waals surface area contributed by atoms with E-state index in [2.05, 4.69) is 9.99 Å². The van der Waals surface area contributed by atoms with Crippen LogP contribution in [0.4, 0.5) is 5.69 Å². The molecule has 0 amide bonds. The molecule has 0 bridgehead atoms. The monoisotopic (exact) mass is 318 g/mol. The number of nitro groups is 1. The predicted molar refractivity (Wildman–Crippen MR) is 81.3 cm³/mol. The summed E-state index contributed by atoms with van der Waals surface area (Å²) in [5.41, 5.74) is 0.180. The molecule has 2 aromatic rings. The lowest BCUT2D eigenvalue weighted by molar-refractivity contribution is -0.384. The van der Waals surface area contributed by atoms with Gasteiger partial charge in [0.15, 0.2) is 0 Å². The van der Waals surface area contributed by atoms with Crippen molar-refractivity contribution in [2.24, 2.45) is 5.16 Å². The molecule has 0 N–H and O–H groups in total. The third-order valence-electron chi connectivity index (χ3n) is 2.73. The number of nitro benzene ring substituents is 1. The molecule has 1 aromatic carbocycles. The largest absolute Gasteiger partial charge is 0.494 e. The van der Waals surface area contributed by atoms with Crippen molar-refractivity contribution in [2.75, 3.05) is 6.61 Å². The first-order valence-corrected chi connectivity index (χ1v) is 6.73. The average Bonchev–Trinajstić information content (AvgIpc) is 2.95. The third kappa shape index (κ3) is 4.16. The highest BCUT2D eigenvalue weighted by Gasteiger charge is 2.19. The second kappa shape index (κ2) is 7.21. The Labute approximate surface area is 131 Å². The van der Waals surface area contributed by atoms with Gasteiger partial charge in [0.2, 0.25) is 0 Å². The second-order valence-corrected chi connectivity index (χ2v) is 4.39. The Kier molecular flexibility index (Phi) is 5.08. The normalized spacial score (nSPS) is 10.7. The molecule has 1 aromatic heterocycles. The minimum Gasteiger partial charge on any atom is -0.494 e. The van der Waals surface area contributed by atoms with E-state index in [4.69, 9.17) is 9.15 Å². The van der Waals surface area contributed by atoms with Gasteiger partial charge in [-0.2, -0.15) is 0 Å². The molecule has 23 heavy (non-hydrogen) atoms. The van der Waals surface area contributed by atoms with Gasteiger partial charge in [-0.3, -0.25) is 10.1 Å². The summed E-state index contributed by atoms with van der Waals surface area (Å²) in [6, 6.07) is 7.64. The molecule has 1 heterocycles. The predicted octanol–water partition coefficient (Wildman–Crippen LogP) is 3.15. The number of carbonyl (C=O) groups excluding carboxylic acids is 1. The zero-order chi connectivity index (χ0) is 16.8. The number of ether oxygens (including phenoxy) is 1. The first-order chi connectivity index (χ1) is 11.0. The Bertz CT molecular complexity index is 750. The van der Waals surface area contributed by atoms with E-state index in [1.807, 2.05) is 0 Å². The zero-order valence-electron chi connectivity index (χ0n) is 12.5. The van der Waals surface area contributed by atoms with Gasteiger partial charge in [0.1, 0.15) is 23.5 Å². The number of rotatable bonds is 6. The Morgan fingerprint density at radius 1 is 1.39 bits per heavy atom. The van der Waals surface area contributed by atoms with Crippen molar-refractivity contribution in [3.8, 4) is 17.1 Å². The maximum Gasteiger partial charge on any atom is 0.331 e. The Balaban J connectivity index is 2.31. The standard InChI is InChI=1S/C15H14N2O6/c1-3-21-11-4-6-13(14(8-11)17(19)20)15-7-5-12(22-15)9-16-23-10(2)18/h4-9H,3H2,1-2H3/b16-9-. The van der Waals surface area contributed by atoms with Crippen molar-refractivity contribution in [1.29, 1.82) is 0 Å². The van der Waals surface area contributed by atoms with Crippen LogP contribution < -0.4 is 4.74 Å². The lowest BCUT2D eigenvalue weighted by Gasteiger charge is -2.05. The van der Waals surface area contributed by atoms with E-state index in [-0.39, 0.29) is 5.69 Å². The van der Waals surface area contributed by atoms with Gasteiger partial charge in [0.05, 0.1) is 23.2 Å². The SMILES string of the molecule is CCOc1ccc(-c2ccc(/C=N\OC(C)=O)o2)c([N+](=O)[O-])c1. The van der Waals surface area contributed by atoms with E-state index in [0.717, 1.165) is 0 Å². The molecule has 0 spiro atoms. The van der Waals surface area contributed by atoms with Gasteiger partial charge in [-0.15, -0.1) is 0 Å². The van der Waals surface area contributed by atoms with Crippen molar-refractivity contribution < 1.29 is 23.7 Å². The molecule has 0 unspecified atom stereocenters. The molecule has 0 aliphatic heterocycles. The number of oxime groups is 1. The fourth-order valence-electron chi connectivity index (χ4n) is 1.85. The van der Waals surface area contributed by atoms with Crippen molar-refractivity contribution in [3.05, 3.63) is 46.2 Å². The number of carbonyl (C=O) groups is 1. The highest BCUT2D eigenvalue weighted by molar-refractivity contribution is 5.79. The van der Waals surface area contributed by atoms with Crippen LogP contribution in [0.25, 0.3) is 11.3 Å². The topological polar surface area (TPSA) is 104 Å². The van der Waals surface area contributed by atoms with Gasteiger partial charge in [-0.1, -0.05) is 5.16 Å². The smallest absolute Gasteiger partial charge is 0.331 e. The average molecular weight is 318 g/mol. The van der Waals surface area contributed by atoms with Crippen LogP contribution in [0.3, 0.4) is 0 Å². The molecular formula is C15H14N2O6. The molecular weight excluding hydrogens is 304 g/mol. The highest BCUT2D eigenvalue weighted by atomic mass is 16.7. The minimum absolute atomic E-state index is 0.131.